The lowest BCUT2D eigenvalue weighted by atomic mass is 10.2. The normalized spacial score (nSPS) is 10.2. The van der Waals surface area contributed by atoms with Crippen molar-refractivity contribution in [3.63, 3.8) is 0 Å². The third-order valence-corrected chi connectivity index (χ3v) is 4.15. The predicted molar refractivity (Wildman–Crippen MR) is 107 cm³/mol. The van der Waals surface area contributed by atoms with Crippen molar-refractivity contribution in [2.45, 2.75) is 13.2 Å². The van der Waals surface area contributed by atoms with Gasteiger partial charge in [-0.25, -0.2) is 0 Å². The zero-order valence-corrected chi connectivity index (χ0v) is 16.5. The number of benzene rings is 2. The van der Waals surface area contributed by atoms with E-state index >= 15 is 0 Å². The molecule has 7 heteroatoms. The third-order valence-electron chi connectivity index (χ3n) is 4.15. The Balaban J connectivity index is 1.91. The zero-order chi connectivity index (χ0) is 20.4. The van der Waals surface area contributed by atoms with Crippen molar-refractivity contribution in [3.8, 4) is 11.5 Å². The standard InChI is InChI=1S/C21H27N3O4/c1-22-20(25)12-23-13-21(26)24(2)14-17-9-10-18(19(11-17)27-3)28-15-16-7-5-4-6-8-16/h4-11,23H,12-15H2,1-3H3,(H,22,25). The summed E-state index contributed by atoms with van der Waals surface area (Å²) in [6.07, 6.45) is 0. The topological polar surface area (TPSA) is 79.9 Å². The summed E-state index contributed by atoms with van der Waals surface area (Å²) in [5.74, 6) is 1.00. The Kier molecular flexibility index (Phi) is 8.30. The van der Waals surface area contributed by atoms with Crippen LogP contribution in [0.15, 0.2) is 48.5 Å². The van der Waals surface area contributed by atoms with Crippen LogP contribution in [0, 0.1) is 0 Å². The Bertz CT molecular complexity index is 780. The van der Waals surface area contributed by atoms with E-state index in [1.807, 2.05) is 48.5 Å². The molecule has 0 bridgehead atoms. The number of nitrogens with one attached hydrogen (secondary N) is 2. The van der Waals surface area contributed by atoms with E-state index in [0.717, 1.165) is 11.1 Å². The van der Waals surface area contributed by atoms with E-state index < -0.39 is 0 Å². The Labute approximate surface area is 165 Å². The smallest absolute Gasteiger partial charge is 0.236 e. The van der Waals surface area contributed by atoms with Gasteiger partial charge in [-0.3, -0.25) is 14.9 Å². The molecule has 2 N–H and O–H groups in total. The summed E-state index contributed by atoms with van der Waals surface area (Å²) in [5.41, 5.74) is 1.99. The summed E-state index contributed by atoms with van der Waals surface area (Å²) in [6.45, 7) is 1.08. The van der Waals surface area contributed by atoms with Crippen LogP contribution in [-0.4, -0.2) is 51.0 Å². The van der Waals surface area contributed by atoms with Crippen molar-refractivity contribution in [1.29, 1.82) is 0 Å². The predicted octanol–water partition coefficient (Wildman–Crippen LogP) is 1.57. The first-order valence-corrected chi connectivity index (χ1v) is 9.02. The lowest BCUT2D eigenvalue weighted by Crippen LogP contribution is -2.39. The molecule has 0 atom stereocenters. The van der Waals surface area contributed by atoms with Crippen LogP contribution in [0.3, 0.4) is 0 Å². The summed E-state index contributed by atoms with van der Waals surface area (Å²) in [6, 6.07) is 15.5. The Morgan fingerprint density at radius 2 is 1.75 bits per heavy atom. The SMILES string of the molecule is CNC(=O)CNCC(=O)N(C)Cc1ccc(OCc2ccccc2)c(OC)c1. The van der Waals surface area contributed by atoms with Crippen LogP contribution in [0.5, 0.6) is 11.5 Å². The minimum atomic E-state index is -0.161. The van der Waals surface area contributed by atoms with Gasteiger partial charge in [0.2, 0.25) is 11.8 Å². The van der Waals surface area contributed by atoms with Gasteiger partial charge in [0.25, 0.3) is 0 Å². The molecule has 0 aliphatic heterocycles. The number of hydrogen-bond donors (Lipinski definition) is 2. The molecular formula is C21H27N3O4. The van der Waals surface area contributed by atoms with E-state index in [2.05, 4.69) is 10.6 Å². The van der Waals surface area contributed by atoms with Gasteiger partial charge in [0, 0.05) is 20.6 Å². The Morgan fingerprint density at radius 1 is 1.00 bits per heavy atom. The molecule has 7 nitrogen and oxygen atoms in total. The average molecular weight is 385 g/mol. The fourth-order valence-electron chi connectivity index (χ4n) is 2.53. The Morgan fingerprint density at radius 3 is 2.43 bits per heavy atom. The third kappa shape index (κ3) is 6.59. The van der Waals surface area contributed by atoms with E-state index in [1.165, 1.54) is 0 Å². The maximum absolute atomic E-state index is 12.2. The summed E-state index contributed by atoms with van der Waals surface area (Å²) < 4.78 is 11.3. The number of amides is 2. The van der Waals surface area contributed by atoms with Crippen LogP contribution < -0.4 is 20.1 Å². The molecule has 0 saturated carbocycles. The van der Waals surface area contributed by atoms with Crippen molar-refractivity contribution >= 4 is 11.8 Å². The highest BCUT2D eigenvalue weighted by molar-refractivity contribution is 5.80. The molecule has 0 unspecified atom stereocenters. The molecule has 0 saturated heterocycles. The number of nitrogens with zero attached hydrogens (tertiary/aromatic N) is 1. The van der Waals surface area contributed by atoms with Crippen LogP contribution in [-0.2, 0) is 22.7 Å². The van der Waals surface area contributed by atoms with Crippen molar-refractivity contribution in [3.05, 3.63) is 59.7 Å². The van der Waals surface area contributed by atoms with E-state index in [4.69, 9.17) is 9.47 Å². The van der Waals surface area contributed by atoms with Crippen molar-refractivity contribution in [1.82, 2.24) is 15.5 Å². The van der Waals surface area contributed by atoms with E-state index in [9.17, 15) is 9.59 Å². The van der Waals surface area contributed by atoms with Crippen molar-refractivity contribution < 1.29 is 19.1 Å². The lowest BCUT2D eigenvalue weighted by Gasteiger charge is -2.19. The van der Waals surface area contributed by atoms with Crippen LogP contribution >= 0.6 is 0 Å². The maximum Gasteiger partial charge on any atom is 0.236 e. The van der Waals surface area contributed by atoms with E-state index in [1.54, 1.807) is 26.1 Å². The molecule has 2 rings (SSSR count). The molecule has 2 aromatic carbocycles. The molecule has 0 fully saturated rings. The molecule has 2 amide bonds. The summed E-state index contributed by atoms with van der Waals surface area (Å²) in [7, 11) is 4.86. The van der Waals surface area contributed by atoms with Gasteiger partial charge in [-0.2, -0.15) is 0 Å². The van der Waals surface area contributed by atoms with Crippen LogP contribution in [0.25, 0.3) is 0 Å². The molecule has 0 radical (unpaired) electrons. The van der Waals surface area contributed by atoms with Crippen molar-refractivity contribution in [2.75, 3.05) is 34.3 Å². The first kappa shape index (κ1) is 21.2. The highest BCUT2D eigenvalue weighted by Gasteiger charge is 2.12. The van der Waals surface area contributed by atoms with Gasteiger partial charge >= 0.3 is 0 Å². The number of hydrogen-bond acceptors (Lipinski definition) is 5. The van der Waals surface area contributed by atoms with Gasteiger partial charge in [0.05, 0.1) is 20.2 Å². The number of methoxy groups -OCH3 is 1. The first-order valence-electron chi connectivity index (χ1n) is 9.02. The minimum Gasteiger partial charge on any atom is -0.493 e. The molecular weight excluding hydrogens is 358 g/mol. The van der Waals surface area contributed by atoms with Gasteiger partial charge < -0.3 is 19.7 Å². The number of rotatable bonds is 10. The van der Waals surface area contributed by atoms with Gasteiger partial charge in [0.15, 0.2) is 11.5 Å². The largest absolute Gasteiger partial charge is 0.493 e. The number of carbonyl (C=O) groups excluding carboxylic acids is 2. The monoisotopic (exact) mass is 385 g/mol. The van der Waals surface area contributed by atoms with Gasteiger partial charge in [-0.15, -0.1) is 0 Å². The second-order valence-electron chi connectivity index (χ2n) is 6.29. The zero-order valence-electron chi connectivity index (χ0n) is 16.5. The van der Waals surface area contributed by atoms with Crippen molar-refractivity contribution in [2.24, 2.45) is 0 Å². The van der Waals surface area contributed by atoms with Gasteiger partial charge in [-0.05, 0) is 23.3 Å². The molecule has 150 valence electrons. The summed E-state index contributed by atoms with van der Waals surface area (Å²) >= 11 is 0. The van der Waals surface area contributed by atoms with Crippen LogP contribution in [0.1, 0.15) is 11.1 Å². The minimum absolute atomic E-state index is 0.0966. The second kappa shape index (κ2) is 10.9. The van der Waals surface area contributed by atoms with Gasteiger partial charge in [0.1, 0.15) is 6.61 Å². The fourth-order valence-corrected chi connectivity index (χ4v) is 2.53. The molecule has 0 spiro atoms. The fraction of sp³-hybridized carbons (Fsp3) is 0.333. The first-order chi connectivity index (χ1) is 13.5. The number of carbonyl (C=O) groups is 2. The molecule has 0 aromatic heterocycles. The van der Waals surface area contributed by atoms with Crippen LogP contribution in [0.4, 0.5) is 0 Å². The van der Waals surface area contributed by atoms with Gasteiger partial charge in [-0.1, -0.05) is 36.4 Å². The van der Waals surface area contributed by atoms with Crippen LogP contribution in [0.2, 0.25) is 0 Å². The quantitative estimate of drug-likeness (QED) is 0.649. The summed E-state index contributed by atoms with van der Waals surface area (Å²) in [5, 5.41) is 5.31. The second-order valence-corrected chi connectivity index (χ2v) is 6.29. The lowest BCUT2D eigenvalue weighted by molar-refractivity contribution is -0.129. The highest BCUT2D eigenvalue weighted by Crippen LogP contribution is 2.29. The number of ether oxygens (including phenoxy) is 2. The number of likely N-dealkylation sites (N-methyl/N-ethyl adjacent to an activating group) is 2. The molecule has 28 heavy (non-hydrogen) atoms. The molecule has 0 heterocycles. The highest BCUT2D eigenvalue weighted by atomic mass is 16.5. The van der Waals surface area contributed by atoms with E-state index in [-0.39, 0.29) is 24.9 Å². The summed E-state index contributed by atoms with van der Waals surface area (Å²) in [4.78, 5) is 24.9. The Hall–Kier alpha value is -3.06. The average Bonchev–Trinajstić information content (AvgIpc) is 2.73. The molecule has 0 aliphatic rings. The maximum atomic E-state index is 12.2. The molecule has 2 aromatic rings. The van der Waals surface area contributed by atoms with E-state index in [0.29, 0.717) is 24.7 Å². The molecule has 0 aliphatic carbocycles.